The largest absolute Gasteiger partial charge is 0.204 e. The molecule has 0 saturated carbocycles. The van der Waals surface area contributed by atoms with E-state index in [1.165, 1.54) is 6.07 Å². The number of aryl methyl sites for hydroxylation is 1. The first-order valence-electron chi connectivity index (χ1n) is 6.01. The number of hydrogen-bond acceptors (Lipinski definition) is 0. The van der Waals surface area contributed by atoms with Gasteiger partial charge in [-0.1, -0.05) is 39.5 Å². The van der Waals surface area contributed by atoms with Crippen molar-refractivity contribution >= 4 is 5.57 Å². The number of benzene rings is 1. The molecule has 18 heavy (non-hydrogen) atoms. The van der Waals surface area contributed by atoms with Crippen molar-refractivity contribution < 1.29 is 8.78 Å². The predicted octanol–water partition coefficient (Wildman–Crippen LogP) is 5.16. The molecule has 0 bridgehead atoms. The minimum atomic E-state index is -0.797. The molecule has 0 heterocycles. The lowest BCUT2D eigenvalue weighted by Gasteiger charge is -2.25. The Morgan fingerprint density at radius 2 is 1.83 bits per heavy atom. The van der Waals surface area contributed by atoms with E-state index in [0.29, 0.717) is 22.3 Å². The molecule has 1 aromatic carbocycles. The molecule has 0 saturated heterocycles. The van der Waals surface area contributed by atoms with Gasteiger partial charge < -0.3 is 0 Å². The summed E-state index contributed by atoms with van der Waals surface area (Å²) in [7, 11) is 0. The molecule has 0 N–H and O–H groups in total. The predicted molar refractivity (Wildman–Crippen MR) is 73.6 cm³/mol. The van der Waals surface area contributed by atoms with Crippen LogP contribution in [0, 0.1) is 18.6 Å². The third kappa shape index (κ3) is 2.69. The molecule has 2 heteroatoms. The molecule has 1 aromatic rings. The van der Waals surface area contributed by atoms with Crippen LogP contribution in [0.1, 0.15) is 44.4 Å². The summed E-state index contributed by atoms with van der Waals surface area (Å²) in [6.45, 7) is 13.2. The van der Waals surface area contributed by atoms with Gasteiger partial charge in [-0.3, -0.25) is 0 Å². The Balaban J connectivity index is 3.69. The van der Waals surface area contributed by atoms with Gasteiger partial charge in [0.1, 0.15) is 0 Å². The van der Waals surface area contributed by atoms with E-state index < -0.39 is 17.0 Å². The third-order valence-electron chi connectivity index (χ3n) is 2.86. The average Bonchev–Trinajstić information content (AvgIpc) is 2.21. The quantitative estimate of drug-likeness (QED) is 0.636. The normalized spacial score (nSPS) is 12.2. The smallest absolute Gasteiger partial charge is 0.163 e. The second kappa shape index (κ2) is 5.05. The first kappa shape index (κ1) is 14.6. The van der Waals surface area contributed by atoms with Crippen molar-refractivity contribution in [3.8, 4) is 0 Å². The third-order valence-corrected chi connectivity index (χ3v) is 2.86. The highest BCUT2D eigenvalue weighted by molar-refractivity contribution is 5.77. The molecular weight excluding hydrogens is 230 g/mol. The molecule has 0 spiro atoms. The van der Waals surface area contributed by atoms with E-state index >= 15 is 0 Å². The zero-order valence-electron chi connectivity index (χ0n) is 11.7. The second-order valence-corrected chi connectivity index (χ2v) is 5.51. The van der Waals surface area contributed by atoms with Gasteiger partial charge in [-0.05, 0) is 42.0 Å². The van der Waals surface area contributed by atoms with Crippen molar-refractivity contribution in [2.45, 2.75) is 40.0 Å². The lowest BCUT2D eigenvalue weighted by molar-refractivity contribution is 0.463. The van der Waals surface area contributed by atoms with Gasteiger partial charge in [-0.2, -0.15) is 0 Å². The van der Waals surface area contributed by atoms with E-state index in [-0.39, 0.29) is 0 Å². The molecule has 0 aromatic heterocycles. The summed E-state index contributed by atoms with van der Waals surface area (Å²) >= 11 is 0. The van der Waals surface area contributed by atoms with Gasteiger partial charge in [-0.25, -0.2) is 8.78 Å². The van der Waals surface area contributed by atoms with Gasteiger partial charge in [0.25, 0.3) is 0 Å². The highest BCUT2D eigenvalue weighted by atomic mass is 19.2. The van der Waals surface area contributed by atoms with Crippen LogP contribution < -0.4 is 0 Å². The Kier molecular flexibility index (Phi) is 4.10. The van der Waals surface area contributed by atoms with E-state index in [2.05, 4.69) is 6.58 Å². The van der Waals surface area contributed by atoms with E-state index in [0.717, 1.165) is 0 Å². The maximum absolute atomic E-state index is 14.1. The van der Waals surface area contributed by atoms with Crippen LogP contribution in [0.4, 0.5) is 8.78 Å². The monoisotopic (exact) mass is 250 g/mol. The summed E-state index contributed by atoms with van der Waals surface area (Å²) < 4.78 is 27.7. The molecule has 0 aliphatic heterocycles. The molecule has 0 fully saturated rings. The van der Waals surface area contributed by atoms with Crippen LogP contribution in [0.25, 0.3) is 5.57 Å². The lowest BCUT2D eigenvalue weighted by Crippen LogP contribution is -2.18. The summed E-state index contributed by atoms with van der Waals surface area (Å²) in [5.74, 6) is -1.57. The van der Waals surface area contributed by atoms with Gasteiger partial charge in [0.05, 0.1) is 0 Å². The van der Waals surface area contributed by atoms with Crippen LogP contribution >= 0.6 is 0 Å². The Labute approximate surface area is 108 Å². The van der Waals surface area contributed by atoms with Crippen molar-refractivity contribution in [1.29, 1.82) is 0 Å². The summed E-state index contributed by atoms with van der Waals surface area (Å²) in [4.78, 5) is 0. The Bertz CT molecular complexity index is 503. The van der Waals surface area contributed by atoms with Crippen LogP contribution in [0.15, 0.2) is 24.8 Å². The van der Waals surface area contributed by atoms with E-state index in [1.807, 2.05) is 39.8 Å². The Hall–Kier alpha value is -1.44. The molecule has 0 amide bonds. The van der Waals surface area contributed by atoms with Crippen molar-refractivity contribution in [2.75, 3.05) is 0 Å². The van der Waals surface area contributed by atoms with Gasteiger partial charge in [0, 0.05) is 5.56 Å². The van der Waals surface area contributed by atoms with E-state index in [9.17, 15) is 8.78 Å². The maximum atomic E-state index is 14.1. The molecule has 0 aliphatic carbocycles. The Morgan fingerprint density at radius 3 is 2.28 bits per heavy atom. The summed E-state index contributed by atoms with van der Waals surface area (Å²) in [6, 6.07) is 1.23. The fraction of sp³-hybridized carbons (Fsp3) is 0.375. The average molecular weight is 250 g/mol. The van der Waals surface area contributed by atoms with Gasteiger partial charge in [0.2, 0.25) is 0 Å². The van der Waals surface area contributed by atoms with Crippen LogP contribution in [-0.4, -0.2) is 0 Å². The minimum absolute atomic E-state index is 0.392. The number of rotatable bonds is 2. The molecule has 0 radical (unpaired) electrons. The van der Waals surface area contributed by atoms with Crippen LogP contribution in [-0.2, 0) is 5.41 Å². The molecule has 0 unspecified atom stereocenters. The van der Waals surface area contributed by atoms with E-state index in [1.54, 1.807) is 6.92 Å². The zero-order chi connectivity index (χ0) is 14.1. The van der Waals surface area contributed by atoms with Gasteiger partial charge >= 0.3 is 0 Å². The molecule has 0 atom stereocenters. The zero-order valence-corrected chi connectivity index (χ0v) is 11.7. The van der Waals surface area contributed by atoms with Gasteiger partial charge in [-0.15, -0.1) is 0 Å². The van der Waals surface area contributed by atoms with Crippen molar-refractivity contribution in [2.24, 2.45) is 0 Å². The van der Waals surface area contributed by atoms with Crippen LogP contribution in [0.2, 0.25) is 0 Å². The lowest BCUT2D eigenvalue weighted by atomic mass is 9.79. The topological polar surface area (TPSA) is 0 Å². The molecule has 98 valence electrons. The van der Waals surface area contributed by atoms with Crippen molar-refractivity contribution in [3.05, 3.63) is 53.1 Å². The second-order valence-electron chi connectivity index (χ2n) is 5.51. The first-order valence-corrected chi connectivity index (χ1v) is 6.01. The SMILES string of the molecule is C=C(/C=C\C)c1c(C)cc(F)c(F)c1C(C)(C)C. The van der Waals surface area contributed by atoms with Crippen LogP contribution in [0.5, 0.6) is 0 Å². The molecular formula is C16H20F2. The first-order chi connectivity index (χ1) is 8.20. The standard InChI is InChI=1S/C16H20F2/c1-7-8-10(2)13-11(3)9-12(17)15(18)14(13)16(4,5)6/h7-9H,2H2,1,3-6H3/b8-7-. The van der Waals surface area contributed by atoms with Crippen molar-refractivity contribution in [3.63, 3.8) is 0 Å². The fourth-order valence-corrected chi connectivity index (χ4v) is 2.15. The summed E-state index contributed by atoms with van der Waals surface area (Å²) in [5, 5.41) is 0. The van der Waals surface area contributed by atoms with E-state index in [4.69, 9.17) is 0 Å². The summed E-state index contributed by atoms with van der Waals surface area (Å²) in [5.41, 5.74) is 2.04. The highest BCUT2D eigenvalue weighted by Gasteiger charge is 2.26. The number of halogens is 2. The maximum Gasteiger partial charge on any atom is 0.163 e. The molecule has 1 rings (SSSR count). The summed E-state index contributed by atoms with van der Waals surface area (Å²) in [6.07, 6.45) is 3.66. The number of allylic oxidation sites excluding steroid dienone is 3. The highest BCUT2D eigenvalue weighted by Crippen LogP contribution is 2.35. The van der Waals surface area contributed by atoms with Crippen LogP contribution in [0.3, 0.4) is 0 Å². The Morgan fingerprint density at radius 1 is 1.28 bits per heavy atom. The fourth-order valence-electron chi connectivity index (χ4n) is 2.15. The van der Waals surface area contributed by atoms with Gasteiger partial charge in [0.15, 0.2) is 11.6 Å². The molecule has 0 aliphatic rings. The molecule has 0 nitrogen and oxygen atoms in total. The minimum Gasteiger partial charge on any atom is -0.204 e. The number of hydrogen-bond donors (Lipinski definition) is 0. The van der Waals surface area contributed by atoms with Crippen molar-refractivity contribution in [1.82, 2.24) is 0 Å².